The number of aryl methyl sites for hydroxylation is 1. The number of nitrogens with zero attached hydrogens (tertiary/aromatic N) is 2. The predicted octanol–water partition coefficient (Wildman–Crippen LogP) is 2.52. The van der Waals surface area contributed by atoms with Gasteiger partial charge in [-0.25, -0.2) is 4.68 Å². The second-order valence-electron chi connectivity index (χ2n) is 5.08. The van der Waals surface area contributed by atoms with Crippen molar-refractivity contribution in [2.24, 2.45) is 7.05 Å². The fourth-order valence-corrected chi connectivity index (χ4v) is 2.63. The first-order valence-corrected chi connectivity index (χ1v) is 7.43. The van der Waals surface area contributed by atoms with Crippen LogP contribution >= 0.6 is 11.6 Å². The van der Waals surface area contributed by atoms with Crippen LogP contribution in [0.1, 0.15) is 16.1 Å². The normalized spacial score (nSPS) is 10.7. The number of benzene rings is 2. The van der Waals surface area contributed by atoms with Crippen LogP contribution in [0.25, 0.3) is 10.8 Å². The quantitative estimate of drug-likeness (QED) is 0.804. The highest BCUT2D eigenvalue weighted by Gasteiger charge is 2.12. The lowest BCUT2D eigenvalue weighted by atomic mass is 10.1. The third-order valence-corrected chi connectivity index (χ3v) is 3.90. The second kappa shape index (κ2) is 6.22. The molecule has 0 bridgehead atoms. The molecule has 0 saturated heterocycles. The van der Waals surface area contributed by atoms with Crippen molar-refractivity contribution in [3.8, 4) is 0 Å². The van der Waals surface area contributed by atoms with Gasteiger partial charge in [0.05, 0.1) is 28.2 Å². The van der Waals surface area contributed by atoms with Gasteiger partial charge in [-0.3, -0.25) is 9.59 Å². The van der Waals surface area contributed by atoms with Crippen molar-refractivity contribution < 1.29 is 4.79 Å². The summed E-state index contributed by atoms with van der Waals surface area (Å²) in [6.07, 6.45) is 0. The van der Waals surface area contributed by atoms with Crippen molar-refractivity contribution in [2.45, 2.75) is 6.54 Å². The average molecular weight is 328 g/mol. The highest BCUT2D eigenvalue weighted by molar-refractivity contribution is 6.33. The third-order valence-electron chi connectivity index (χ3n) is 3.57. The number of aromatic nitrogens is 2. The minimum atomic E-state index is -0.282. The number of hydrogen-bond acceptors (Lipinski definition) is 3. The van der Waals surface area contributed by atoms with E-state index in [1.54, 1.807) is 43.4 Å². The van der Waals surface area contributed by atoms with E-state index in [1.165, 1.54) is 4.68 Å². The van der Waals surface area contributed by atoms with Crippen LogP contribution in [0.4, 0.5) is 0 Å². The van der Waals surface area contributed by atoms with Crippen molar-refractivity contribution >= 4 is 28.3 Å². The number of hydrogen-bond donors (Lipinski definition) is 1. The van der Waals surface area contributed by atoms with Gasteiger partial charge in [0.15, 0.2) is 0 Å². The molecular weight excluding hydrogens is 314 g/mol. The molecule has 3 aromatic rings. The Kier molecular flexibility index (Phi) is 4.12. The summed E-state index contributed by atoms with van der Waals surface area (Å²) in [6, 6.07) is 14.0. The maximum atomic E-state index is 12.2. The zero-order chi connectivity index (χ0) is 16.4. The maximum absolute atomic E-state index is 12.2. The molecule has 116 valence electrons. The third kappa shape index (κ3) is 2.96. The van der Waals surface area contributed by atoms with Crippen LogP contribution in [0.15, 0.2) is 53.3 Å². The highest BCUT2D eigenvalue weighted by Crippen LogP contribution is 2.16. The van der Waals surface area contributed by atoms with Crippen LogP contribution in [0.2, 0.25) is 5.02 Å². The molecule has 0 aliphatic carbocycles. The largest absolute Gasteiger partial charge is 0.346 e. The monoisotopic (exact) mass is 327 g/mol. The molecule has 1 heterocycles. The number of nitrogens with one attached hydrogen (secondary N) is 1. The summed E-state index contributed by atoms with van der Waals surface area (Å²) in [7, 11) is 1.59. The number of rotatable bonds is 3. The summed E-state index contributed by atoms with van der Waals surface area (Å²) in [5.74, 6) is -0.282. The summed E-state index contributed by atoms with van der Waals surface area (Å²) in [5, 5.41) is 8.74. The average Bonchev–Trinajstić information content (AvgIpc) is 2.57. The number of fused-ring (bicyclic) bond motifs is 1. The lowest BCUT2D eigenvalue weighted by molar-refractivity contribution is 0.0950. The molecule has 1 amide bonds. The molecule has 3 rings (SSSR count). The number of carbonyl (C=O) groups excluding carboxylic acids is 1. The minimum Gasteiger partial charge on any atom is -0.346 e. The molecule has 1 aromatic heterocycles. The Morgan fingerprint density at radius 1 is 1.13 bits per heavy atom. The van der Waals surface area contributed by atoms with Crippen molar-refractivity contribution in [1.82, 2.24) is 15.1 Å². The van der Waals surface area contributed by atoms with Crippen molar-refractivity contribution in [3.05, 3.63) is 75.2 Å². The van der Waals surface area contributed by atoms with Gasteiger partial charge in [-0.05, 0) is 18.2 Å². The van der Waals surface area contributed by atoms with E-state index in [0.29, 0.717) is 21.7 Å². The number of carbonyl (C=O) groups is 1. The molecule has 0 fully saturated rings. The Bertz CT molecular complexity index is 950. The Hall–Kier alpha value is -2.66. The zero-order valence-corrected chi connectivity index (χ0v) is 13.2. The molecular formula is C17H14ClN3O2. The van der Waals surface area contributed by atoms with Gasteiger partial charge in [0, 0.05) is 12.4 Å². The second-order valence-corrected chi connectivity index (χ2v) is 5.49. The van der Waals surface area contributed by atoms with Gasteiger partial charge in [-0.15, -0.1) is 0 Å². The zero-order valence-electron chi connectivity index (χ0n) is 12.4. The topological polar surface area (TPSA) is 64.0 Å². The van der Waals surface area contributed by atoms with Crippen LogP contribution in [-0.4, -0.2) is 15.7 Å². The molecule has 0 aliphatic rings. The van der Waals surface area contributed by atoms with Crippen molar-refractivity contribution in [1.29, 1.82) is 0 Å². The van der Waals surface area contributed by atoms with E-state index in [4.69, 9.17) is 11.6 Å². The predicted molar refractivity (Wildman–Crippen MR) is 89.6 cm³/mol. The SMILES string of the molecule is Cn1nc(CNC(=O)c2ccccc2Cl)c2ccccc2c1=O. The van der Waals surface area contributed by atoms with Crippen molar-refractivity contribution in [3.63, 3.8) is 0 Å². The fourth-order valence-electron chi connectivity index (χ4n) is 2.41. The van der Waals surface area contributed by atoms with Crippen LogP contribution in [-0.2, 0) is 13.6 Å². The van der Waals surface area contributed by atoms with E-state index in [-0.39, 0.29) is 18.0 Å². The standard InChI is InChI=1S/C17H14ClN3O2/c1-21-17(23)12-7-3-2-6-11(12)15(20-21)10-19-16(22)13-8-4-5-9-14(13)18/h2-9H,10H2,1H3,(H,19,22). The molecule has 0 spiro atoms. The first-order chi connectivity index (χ1) is 11.1. The fraction of sp³-hybridized carbons (Fsp3) is 0.118. The summed E-state index contributed by atoms with van der Waals surface area (Å²) in [4.78, 5) is 24.3. The smallest absolute Gasteiger partial charge is 0.274 e. The van der Waals surface area contributed by atoms with E-state index in [1.807, 2.05) is 12.1 Å². The molecule has 2 aromatic carbocycles. The summed E-state index contributed by atoms with van der Waals surface area (Å²) >= 11 is 6.02. The Morgan fingerprint density at radius 2 is 1.78 bits per heavy atom. The molecule has 6 heteroatoms. The van der Waals surface area contributed by atoms with Crippen LogP contribution < -0.4 is 10.9 Å². The first-order valence-electron chi connectivity index (χ1n) is 7.05. The van der Waals surface area contributed by atoms with Gasteiger partial charge in [0.2, 0.25) is 0 Å². The molecule has 0 radical (unpaired) electrons. The van der Waals surface area contributed by atoms with Gasteiger partial charge in [-0.1, -0.05) is 41.9 Å². The molecule has 0 saturated carbocycles. The maximum Gasteiger partial charge on any atom is 0.274 e. The Balaban J connectivity index is 1.91. The van der Waals surface area contributed by atoms with E-state index in [9.17, 15) is 9.59 Å². The summed E-state index contributed by atoms with van der Waals surface area (Å²) in [6.45, 7) is 0.207. The van der Waals surface area contributed by atoms with Gasteiger partial charge >= 0.3 is 0 Å². The molecule has 0 atom stereocenters. The molecule has 0 unspecified atom stereocenters. The lowest BCUT2D eigenvalue weighted by Gasteiger charge is -2.10. The molecule has 0 aliphatic heterocycles. The number of amides is 1. The van der Waals surface area contributed by atoms with Crippen molar-refractivity contribution in [2.75, 3.05) is 0 Å². The van der Waals surface area contributed by atoms with Crippen LogP contribution in [0, 0.1) is 0 Å². The van der Waals surface area contributed by atoms with Crippen LogP contribution in [0.3, 0.4) is 0 Å². The molecule has 5 nitrogen and oxygen atoms in total. The first kappa shape index (κ1) is 15.2. The van der Waals surface area contributed by atoms with Gasteiger partial charge in [-0.2, -0.15) is 5.10 Å². The van der Waals surface area contributed by atoms with E-state index >= 15 is 0 Å². The van der Waals surface area contributed by atoms with E-state index < -0.39 is 0 Å². The van der Waals surface area contributed by atoms with Gasteiger partial charge in [0.1, 0.15) is 0 Å². The molecule has 23 heavy (non-hydrogen) atoms. The Morgan fingerprint density at radius 3 is 2.52 bits per heavy atom. The van der Waals surface area contributed by atoms with Gasteiger partial charge < -0.3 is 5.32 Å². The highest BCUT2D eigenvalue weighted by atomic mass is 35.5. The minimum absolute atomic E-state index is 0.165. The van der Waals surface area contributed by atoms with E-state index in [0.717, 1.165) is 5.39 Å². The van der Waals surface area contributed by atoms with Gasteiger partial charge in [0.25, 0.3) is 11.5 Å². The van der Waals surface area contributed by atoms with E-state index in [2.05, 4.69) is 10.4 Å². The number of halogens is 1. The van der Waals surface area contributed by atoms with Crippen LogP contribution in [0.5, 0.6) is 0 Å². The molecule has 1 N–H and O–H groups in total. The lowest BCUT2D eigenvalue weighted by Crippen LogP contribution is -2.27. The Labute approximate surface area is 137 Å². The summed E-state index contributed by atoms with van der Waals surface area (Å²) in [5.41, 5.74) is 0.869. The summed E-state index contributed by atoms with van der Waals surface area (Å²) < 4.78 is 1.28.